The van der Waals surface area contributed by atoms with Crippen molar-refractivity contribution in [1.82, 2.24) is 19.9 Å². The van der Waals surface area contributed by atoms with E-state index in [1.165, 1.54) is 0 Å². The summed E-state index contributed by atoms with van der Waals surface area (Å²) in [5.74, 6) is 1.79. The minimum absolute atomic E-state index is 0.0237. The van der Waals surface area contributed by atoms with E-state index in [0.29, 0.717) is 23.2 Å². The zero-order chi connectivity index (χ0) is 20.4. The predicted molar refractivity (Wildman–Crippen MR) is 113 cm³/mol. The van der Waals surface area contributed by atoms with Crippen molar-refractivity contribution in [2.24, 2.45) is 5.92 Å². The molecule has 4 rings (SSSR count). The lowest BCUT2D eigenvalue weighted by molar-refractivity contribution is -0.135. The zero-order valence-corrected chi connectivity index (χ0v) is 17.3. The second kappa shape index (κ2) is 8.29. The van der Waals surface area contributed by atoms with E-state index < -0.39 is 0 Å². The van der Waals surface area contributed by atoms with Crippen molar-refractivity contribution in [2.75, 3.05) is 31.6 Å². The number of fused-ring (bicyclic) bond motifs is 1. The Balaban J connectivity index is 1.45. The molecule has 1 fully saturated rings. The molecular formula is C21H24ClN5O2. The molecule has 2 aromatic heterocycles. The number of benzene rings is 1. The topological polar surface area (TPSA) is 74.3 Å². The number of ether oxygens (including phenoxy) is 1. The number of nitrogens with zero attached hydrogens (tertiary/aromatic N) is 4. The highest BCUT2D eigenvalue weighted by Crippen LogP contribution is 2.29. The number of carbonyl (C=O) groups excluding carboxylic acids is 1. The number of rotatable bonds is 5. The number of halogens is 1. The summed E-state index contributed by atoms with van der Waals surface area (Å²) in [6.45, 7) is 3.54. The van der Waals surface area contributed by atoms with Crippen LogP contribution >= 0.6 is 11.6 Å². The Morgan fingerprint density at radius 1 is 1.34 bits per heavy atom. The van der Waals surface area contributed by atoms with Crippen molar-refractivity contribution in [3.63, 3.8) is 0 Å². The zero-order valence-electron chi connectivity index (χ0n) is 16.5. The molecule has 1 aliphatic heterocycles. The number of para-hydroxylation sites is 1. The van der Waals surface area contributed by atoms with E-state index in [9.17, 15) is 4.79 Å². The monoisotopic (exact) mass is 413 g/mol. The van der Waals surface area contributed by atoms with Crippen LogP contribution in [0, 0.1) is 5.92 Å². The standard InChI is InChI=1S/C21H24ClN5O2/c1-14-8-10-27(19(28)12-29-18-6-4-3-5-16(18)22)11-17(14)26(2)21-15-7-9-23-20(15)24-13-25-21/h3-7,9,13-14,17H,8,10-12H2,1-2H3,(H,23,24,25). The summed E-state index contributed by atoms with van der Waals surface area (Å²) < 4.78 is 5.64. The first-order chi connectivity index (χ1) is 14.0. The number of aromatic nitrogens is 3. The van der Waals surface area contributed by atoms with Gasteiger partial charge in [-0.2, -0.15) is 0 Å². The Morgan fingerprint density at radius 2 is 2.17 bits per heavy atom. The first kappa shape index (κ1) is 19.5. The molecule has 152 valence electrons. The average molecular weight is 414 g/mol. The van der Waals surface area contributed by atoms with Gasteiger partial charge in [-0.1, -0.05) is 30.7 Å². The van der Waals surface area contributed by atoms with Gasteiger partial charge in [0.05, 0.1) is 16.5 Å². The molecule has 0 saturated carbocycles. The maximum atomic E-state index is 12.8. The van der Waals surface area contributed by atoms with Crippen molar-refractivity contribution in [3.05, 3.63) is 47.9 Å². The molecule has 0 radical (unpaired) electrons. The van der Waals surface area contributed by atoms with E-state index in [-0.39, 0.29) is 18.6 Å². The first-order valence-electron chi connectivity index (χ1n) is 9.70. The van der Waals surface area contributed by atoms with E-state index >= 15 is 0 Å². The number of piperidine rings is 1. The van der Waals surface area contributed by atoms with Gasteiger partial charge in [-0.25, -0.2) is 9.97 Å². The number of amides is 1. The molecular weight excluding hydrogens is 390 g/mol. The lowest BCUT2D eigenvalue weighted by Gasteiger charge is -2.42. The molecule has 0 bridgehead atoms. The second-order valence-corrected chi connectivity index (χ2v) is 7.85. The molecule has 0 spiro atoms. The summed E-state index contributed by atoms with van der Waals surface area (Å²) >= 11 is 6.11. The highest BCUT2D eigenvalue weighted by molar-refractivity contribution is 6.32. The molecule has 2 unspecified atom stereocenters. The van der Waals surface area contributed by atoms with Gasteiger partial charge in [0.15, 0.2) is 6.61 Å². The van der Waals surface area contributed by atoms with Crippen molar-refractivity contribution >= 4 is 34.4 Å². The van der Waals surface area contributed by atoms with Crippen LogP contribution in [-0.2, 0) is 4.79 Å². The minimum atomic E-state index is -0.0373. The number of anilines is 1. The molecule has 1 N–H and O–H groups in total. The maximum absolute atomic E-state index is 12.8. The predicted octanol–water partition coefficient (Wildman–Crippen LogP) is 3.36. The fraction of sp³-hybridized carbons (Fsp3) is 0.381. The van der Waals surface area contributed by atoms with Crippen LogP contribution in [-0.4, -0.2) is 58.5 Å². The number of nitrogens with one attached hydrogen (secondary N) is 1. The number of H-pyrrole nitrogens is 1. The van der Waals surface area contributed by atoms with Gasteiger partial charge in [0.25, 0.3) is 5.91 Å². The van der Waals surface area contributed by atoms with E-state index in [4.69, 9.17) is 16.3 Å². The van der Waals surface area contributed by atoms with Crippen molar-refractivity contribution < 1.29 is 9.53 Å². The number of carbonyl (C=O) groups is 1. The van der Waals surface area contributed by atoms with Crippen LogP contribution in [0.2, 0.25) is 5.02 Å². The second-order valence-electron chi connectivity index (χ2n) is 7.44. The third kappa shape index (κ3) is 4.00. The fourth-order valence-electron chi connectivity index (χ4n) is 3.87. The molecule has 2 atom stereocenters. The van der Waals surface area contributed by atoms with Gasteiger partial charge in [-0.05, 0) is 30.5 Å². The average Bonchev–Trinajstić information content (AvgIpc) is 3.22. The van der Waals surface area contributed by atoms with E-state index in [1.54, 1.807) is 18.5 Å². The number of aromatic amines is 1. The largest absolute Gasteiger partial charge is 0.482 e. The number of likely N-dealkylation sites (N-methyl/N-ethyl adjacent to an activating group) is 1. The molecule has 29 heavy (non-hydrogen) atoms. The SMILES string of the molecule is CC1CCN(C(=O)COc2ccccc2Cl)CC1N(C)c1ncnc2[nH]ccc12. The normalized spacial score (nSPS) is 19.3. The summed E-state index contributed by atoms with van der Waals surface area (Å²) in [4.78, 5) is 28.7. The molecule has 1 saturated heterocycles. The van der Waals surface area contributed by atoms with Crippen LogP contribution < -0.4 is 9.64 Å². The van der Waals surface area contributed by atoms with Crippen molar-refractivity contribution in [2.45, 2.75) is 19.4 Å². The Bertz CT molecular complexity index is 1010. The van der Waals surface area contributed by atoms with E-state index in [2.05, 4.69) is 26.8 Å². The summed E-state index contributed by atoms with van der Waals surface area (Å²) in [5.41, 5.74) is 0.811. The van der Waals surface area contributed by atoms with Crippen molar-refractivity contribution in [1.29, 1.82) is 0 Å². The first-order valence-corrected chi connectivity index (χ1v) is 10.1. The quantitative estimate of drug-likeness (QED) is 0.694. The van der Waals surface area contributed by atoms with Crippen LogP contribution in [0.15, 0.2) is 42.9 Å². The molecule has 1 aromatic carbocycles. The van der Waals surface area contributed by atoms with Crippen LogP contribution in [0.3, 0.4) is 0 Å². The van der Waals surface area contributed by atoms with Gasteiger partial charge in [0.1, 0.15) is 23.5 Å². The van der Waals surface area contributed by atoms with Gasteiger partial charge < -0.3 is 19.5 Å². The smallest absolute Gasteiger partial charge is 0.260 e. The van der Waals surface area contributed by atoms with Gasteiger partial charge in [0.2, 0.25) is 0 Å². The molecule has 1 amide bonds. The molecule has 8 heteroatoms. The molecule has 3 aromatic rings. The van der Waals surface area contributed by atoms with Crippen LogP contribution in [0.25, 0.3) is 11.0 Å². The maximum Gasteiger partial charge on any atom is 0.260 e. The highest BCUT2D eigenvalue weighted by Gasteiger charge is 2.32. The van der Waals surface area contributed by atoms with Gasteiger partial charge >= 0.3 is 0 Å². The lowest BCUT2D eigenvalue weighted by atomic mass is 9.92. The number of hydrogen-bond donors (Lipinski definition) is 1. The van der Waals surface area contributed by atoms with Gasteiger partial charge in [-0.15, -0.1) is 0 Å². The highest BCUT2D eigenvalue weighted by atomic mass is 35.5. The minimum Gasteiger partial charge on any atom is -0.482 e. The molecule has 0 aliphatic carbocycles. The summed E-state index contributed by atoms with van der Waals surface area (Å²) in [7, 11) is 2.03. The summed E-state index contributed by atoms with van der Waals surface area (Å²) in [6.07, 6.45) is 4.36. The van der Waals surface area contributed by atoms with Gasteiger partial charge in [-0.3, -0.25) is 4.79 Å². The van der Waals surface area contributed by atoms with Gasteiger partial charge in [0, 0.05) is 26.3 Å². The van der Waals surface area contributed by atoms with Crippen LogP contribution in [0.4, 0.5) is 5.82 Å². The summed E-state index contributed by atoms with van der Waals surface area (Å²) in [6, 6.07) is 9.32. The van der Waals surface area contributed by atoms with E-state index in [0.717, 1.165) is 29.8 Å². The third-order valence-electron chi connectivity index (χ3n) is 5.62. The van der Waals surface area contributed by atoms with Crippen LogP contribution in [0.1, 0.15) is 13.3 Å². The van der Waals surface area contributed by atoms with Crippen LogP contribution in [0.5, 0.6) is 5.75 Å². The fourth-order valence-corrected chi connectivity index (χ4v) is 4.06. The van der Waals surface area contributed by atoms with Crippen molar-refractivity contribution in [3.8, 4) is 5.75 Å². The Kier molecular flexibility index (Phi) is 5.58. The molecule has 7 nitrogen and oxygen atoms in total. The molecule has 1 aliphatic rings. The Morgan fingerprint density at radius 3 is 3.00 bits per heavy atom. The number of likely N-dealkylation sites (tertiary alicyclic amines) is 1. The summed E-state index contributed by atoms with van der Waals surface area (Å²) in [5, 5.41) is 1.48. The Labute approximate surface area is 174 Å². The Hall–Kier alpha value is -2.80. The lowest BCUT2D eigenvalue weighted by Crippen LogP contribution is -2.53. The molecule has 3 heterocycles. The number of hydrogen-bond acceptors (Lipinski definition) is 5. The third-order valence-corrected chi connectivity index (χ3v) is 5.94. The van der Waals surface area contributed by atoms with E-state index in [1.807, 2.05) is 36.3 Å².